The van der Waals surface area contributed by atoms with Crippen LogP contribution in [0.2, 0.25) is 0 Å². The summed E-state index contributed by atoms with van der Waals surface area (Å²) in [6.07, 6.45) is 1.55. The van der Waals surface area contributed by atoms with Crippen LogP contribution in [0.3, 0.4) is 0 Å². The highest BCUT2D eigenvalue weighted by atomic mass is 16.2. The number of piperazine rings is 1. The van der Waals surface area contributed by atoms with Gasteiger partial charge in [-0.15, -0.1) is 0 Å². The lowest BCUT2D eigenvalue weighted by Crippen LogP contribution is -2.49. The van der Waals surface area contributed by atoms with E-state index in [4.69, 9.17) is 5.73 Å². The number of nitrogens with two attached hydrogens (primary N) is 1. The first-order valence-corrected chi connectivity index (χ1v) is 6.87. The zero-order valence-electron chi connectivity index (χ0n) is 11.7. The summed E-state index contributed by atoms with van der Waals surface area (Å²) >= 11 is 0. The average Bonchev–Trinajstić information content (AvgIpc) is 2.42. The second kappa shape index (κ2) is 5.91. The van der Waals surface area contributed by atoms with Gasteiger partial charge in [-0.25, -0.2) is 4.98 Å². The van der Waals surface area contributed by atoms with Gasteiger partial charge < -0.3 is 15.5 Å². The van der Waals surface area contributed by atoms with Crippen molar-refractivity contribution in [1.82, 2.24) is 9.88 Å². The number of hydrogen-bond acceptors (Lipinski definition) is 4. The van der Waals surface area contributed by atoms with Crippen molar-refractivity contribution in [1.29, 1.82) is 0 Å². The standard InChI is InChI=1S/C14H22N4O/c1-3-4-13(19)17-7-9-18(10-8-17)14-12(15)6-5-11(2)16-14/h5-6H,3-4,7-10,15H2,1-2H3. The number of rotatable bonds is 3. The van der Waals surface area contributed by atoms with Gasteiger partial charge >= 0.3 is 0 Å². The van der Waals surface area contributed by atoms with Crippen LogP contribution in [0, 0.1) is 6.92 Å². The quantitative estimate of drug-likeness (QED) is 0.895. The van der Waals surface area contributed by atoms with E-state index in [2.05, 4.69) is 9.88 Å². The van der Waals surface area contributed by atoms with Crippen molar-refractivity contribution in [3.63, 3.8) is 0 Å². The maximum absolute atomic E-state index is 11.8. The van der Waals surface area contributed by atoms with Gasteiger partial charge in [0.15, 0.2) is 5.82 Å². The van der Waals surface area contributed by atoms with Crippen LogP contribution in [0.5, 0.6) is 0 Å². The minimum absolute atomic E-state index is 0.257. The van der Waals surface area contributed by atoms with Crippen LogP contribution in [0.4, 0.5) is 11.5 Å². The highest BCUT2D eigenvalue weighted by Crippen LogP contribution is 2.22. The molecule has 0 radical (unpaired) electrons. The molecule has 0 unspecified atom stereocenters. The Morgan fingerprint density at radius 3 is 2.63 bits per heavy atom. The molecule has 0 atom stereocenters. The predicted molar refractivity (Wildman–Crippen MR) is 77.1 cm³/mol. The van der Waals surface area contributed by atoms with Crippen LogP contribution in [0.1, 0.15) is 25.5 Å². The summed E-state index contributed by atoms with van der Waals surface area (Å²) in [6, 6.07) is 3.81. The van der Waals surface area contributed by atoms with E-state index in [1.165, 1.54) is 0 Å². The van der Waals surface area contributed by atoms with Gasteiger partial charge in [-0.1, -0.05) is 6.92 Å². The molecule has 1 fully saturated rings. The Bertz CT molecular complexity index is 453. The number of amides is 1. The molecule has 0 spiro atoms. The third kappa shape index (κ3) is 3.16. The number of anilines is 2. The van der Waals surface area contributed by atoms with Crippen LogP contribution >= 0.6 is 0 Å². The second-order valence-electron chi connectivity index (χ2n) is 4.98. The zero-order valence-corrected chi connectivity index (χ0v) is 11.7. The van der Waals surface area contributed by atoms with Crippen molar-refractivity contribution in [2.75, 3.05) is 36.8 Å². The lowest BCUT2D eigenvalue weighted by atomic mass is 10.2. The molecule has 1 amide bonds. The SMILES string of the molecule is CCCC(=O)N1CCN(c2nc(C)ccc2N)CC1. The largest absolute Gasteiger partial charge is 0.396 e. The Morgan fingerprint density at radius 2 is 2.00 bits per heavy atom. The van der Waals surface area contributed by atoms with E-state index in [0.717, 1.165) is 44.1 Å². The Labute approximate surface area is 114 Å². The summed E-state index contributed by atoms with van der Waals surface area (Å²) in [5.74, 6) is 1.11. The lowest BCUT2D eigenvalue weighted by molar-refractivity contribution is -0.131. The van der Waals surface area contributed by atoms with Gasteiger partial charge in [0.25, 0.3) is 0 Å². The number of carbonyl (C=O) groups is 1. The zero-order chi connectivity index (χ0) is 13.8. The second-order valence-corrected chi connectivity index (χ2v) is 4.98. The Kier molecular flexibility index (Phi) is 4.24. The van der Waals surface area contributed by atoms with Crippen LogP contribution in [0.25, 0.3) is 0 Å². The topological polar surface area (TPSA) is 62.5 Å². The van der Waals surface area contributed by atoms with Gasteiger partial charge in [0.1, 0.15) is 0 Å². The van der Waals surface area contributed by atoms with E-state index in [9.17, 15) is 4.79 Å². The molecule has 104 valence electrons. The Hall–Kier alpha value is -1.78. The molecule has 5 heteroatoms. The summed E-state index contributed by atoms with van der Waals surface area (Å²) in [5, 5.41) is 0. The molecule has 1 aromatic rings. The number of aromatic nitrogens is 1. The number of nitrogens with zero attached hydrogens (tertiary/aromatic N) is 3. The van der Waals surface area contributed by atoms with Gasteiger partial charge in [-0.3, -0.25) is 4.79 Å². The van der Waals surface area contributed by atoms with Crippen molar-refractivity contribution in [3.05, 3.63) is 17.8 Å². The van der Waals surface area contributed by atoms with E-state index in [1.54, 1.807) is 0 Å². The molecule has 0 aliphatic carbocycles. The number of pyridine rings is 1. The maximum atomic E-state index is 11.8. The molecular formula is C14H22N4O. The molecule has 19 heavy (non-hydrogen) atoms. The van der Waals surface area contributed by atoms with E-state index in [-0.39, 0.29) is 5.91 Å². The summed E-state index contributed by atoms with van der Waals surface area (Å²) in [4.78, 5) is 20.4. The summed E-state index contributed by atoms with van der Waals surface area (Å²) in [6.45, 7) is 7.11. The van der Waals surface area contributed by atoms with Crippen molar-refractivity contribution >= 4 is 17.4 Å². The van der Waals surface area contributed by atoms with E-state index in [0.29, 0.717) is 12.1 Å². The van der Waals surface area contributed by atoms with Crippen molar-refractivity contribution in [3.8, 4) is 0 Å². The van der Waals surface area contributed by atoms with Crippen molar-refractivity contribution in [2.45, 2.75) is 26.7 Å². The monoisotopic (exact) mass is 262 g/mol. The maximum Gasteiger partial charge on any atom is 0.222 e. The van der Waals surface area contributed by atoms with Crippen LogP contribution in [-0.4, -0.2) is 42.0 Å². The molecule has 1 aliphatic heterocycles. The summed E-state index contributed by atoms with van der Waals surface area (Å²) < 4.78 is 0. The van der Waals surface area contributed by atoms with Gasteiger partial charge in [0.05, 0.1) is 5.69 Å². The van der Waals surface area contributed by atoms with Gasteiger partial charge in [-0.05, 0) is 25.5 Å². The Morgan fingerprint density at radius 1 is 1.32 bits per heavy atom. The van der Waals surface area contributed by atoms with Crippen LogP contribution in [-0.2, 0) is 4.79 Å². The molecular weight excluding hydrogens is 240 g/mol. The number of aryl methyl sites for hydroxylation is 1. The van der Waals surface area contributed by atoms with E-state index in [1.807, 2.05) is 30.9 Å². The molecule has 2 heterocycles. The molecule has 0 bridgehead atoms. The van der Waals surface area contributed by atoms with E-state index >= 15 is 0 Å². The fourth-order valence-electron chi connectivity index (χ4n) is 2.35. The van der Waals surface area contributed by atoms with Crippen LogP contribution < -0.4 is 10.6 Å². The smallest absolute Gasteiger partial charge is 0.222 e. The summed E-state index contributed by atoms with van der Waals surface area (Å²) in [5.41, 5.74) is 7.65. The first-order chi connectivity index (χ1) is 9.11. The first kappa shape index (κ1) is 13.6. The Balaban J connectivity index is 2.00. The van der Waals surface area contributed by atoms with E-state index < -0.39 is 0 Å². The molecule has 1 aromatic heterocycles. The lowest BCUT2D eigenvalue weighted by Gasteiger charge is -2.36. The molecule has 1 aliphatic rings. The molecule has 0 aromatic carbocycles. The fraction of sp³-hybridized carbons (Fsp3) is 0.571. The van der Waals surface area contributed by atoms with Gasteiger partial charge in [-0.2, -0.15) is 0 Å². The molecule has 5 nitrogen and oxygen atoms in total. The van der Waals surface area contributed by atoms with Gasteiger partial charge in [0, 0.05) is 38.3 Å². The summed E-state index contributed by atoms with van der Waals surface area (Å²) in [7, 11) is 0. The molecule has 2 N–H and O–H groups in total. The minimum Gasteiger partial charge on any atom is -0.396 e. The van der Waals surface area contributed by atoms with Crippen molar-refractivity contribution < 1.29 is 4.79 Å². The predicted octanol–water partition coefficient (Wildman–Crippen LogP) is 1.42. The minimum atomic E-state index is 0.257. The number of hydrogen-bond donors (Lipinski definition) is 1. The normalized spacial score (nSPS) is 15.7. The van der Waals surface area contributed by atoms with Crippen LogP contribution in [0.15, 0.2) is 12.1 Å². The molecule has 0 saturated carbocycles. The van der Waals surface area contributed by atoms with Crippen molar-refractivity contribution in [2.24, 2.45) is 0 Å². The first-order valence-electron chi connectivity index (χ1n) is 6.87. The van der Waals surface area contributed by atoms with Gasteiger partial charge in [0.2, 0.25) is 5.91 Å². The highest BCUT2D eigenvalue weighted by molar-refractivity contribution is 5.76. The number of carbonyl (C=O) groups excluding carboxylic acids is 1. The fourth-order valence-corrected chi connectivity index (χ4v) is 2.35. The average molecular weight is 262 g/mol. The molecule has 1 saturated heterocycles. The third-order valence-electron chi connectivity index (χ3n) is 3.44. The molecule has 2 rings (SSSR count). The third-order valence-corrected chi connectivity index (χ3v) is 3.44. The highest BCUT2D eigenvalue weighted by Gasteiger charge is 2.22. The number of nitrogen functional groups attached to an aromatic ring is 1.